The molecule has 0 bridgehead atoms. The van der Waals surface area contributed by atoms with Crippen molar-refractivity contribution < 1.29 is 74.0 Å². The SMILES string of the molecule is O=S(=O)(O)C(F)(F)F.O=S(=O)(O)C(F)(F)F.[Ti].[c-]1[c-][c-][cH-][c-]1.c1cc[cH-]c1. The summed E-state index contributed by atoms with van der Waals surface area (Å²) in [5, 5.41) is 0. The summed E-state index contributed by atoms with van der Waals surface area (Å²) in [6.07, 6.45) is 0. The third-order valence-electron chi connectivity index (χ3n) is 1.49. The second-order valence-corrected chi connectivity index (χ2v) is 6.31. The molecular weight excluding hydrogens is 466 g/mol. The smallest absolute Gasteiger partial charge is 0.522 e. The van der Waals surface area contributed by atoms with Gasteiger partial charge in [-0.3, -0.25) is 9.11 Å². The fourth-order valence-electron chi connectivity index (χ4n) is 0.501. The average Bonchev–Trinajstić information content (AvgIpc) is 3.15. The fraction of sp³-hybridized carbons (Fsp3) is 0.167. The number of alkyl halides is 6. The Balaban J connectivity index is -0.000000286. The van der Waals surface area contributed by atoms with Crippen LogP contribution in [0.25, 0.3) is 0 Å². The fourth-order valence-corrected chi connectivity index (χ4v) is 0.501. The van der Waals surface area contributed by atoms with Crippen molar-refractivity contribution in [3.63, 3.8) is 0 Å². The van der Waals surface area contributed by atoms with Crippen LogP contribution < -0.4 is 0 Å². The van der Waals surface area contributed by atoms with Gasteiger partial charge in [-0.25, -0.2) is 12.1 Å². The molecule has 0 radical (unpaired) electrons. The largest absolute Gasteiger partial charge is 0.999 e. The molecule has 0 spiro atoms. The summed E-state index contributed by atoms with van der Waals surface area (Å²) in [7, 11) is -11.7. The molecule has 27 heavy (non-hydrogen) atoms. The van der Waals surface area contributed by atoms with Gasteiger partial charge in [-0.2, -0.15) is 61.4 Å². The Labute approximate surface area is 165 Å². The molecule has 0 saturated carbocycles. The minimum atomic E-state index is -5.84. The van der Waals surface area contributed by atoms with Crippen LogP contribution in [-0.2, 0) is 42.0 Å². The van der Waals surface area contributed by atoms with Crippen molar-refractivity contribution in [2.45, 2.75) is 11.0 Å². The predicted octanol–water partition coefficient (Wildman–Crippen LogP) is 2.80. The summed E-state index contributed by atoms with van der Waals surface area (Å²) in [6, 6.07) is 22.0. The molecule has 156 valence electrons. The van der Waals surface area contributed by atoms with Gasteiger partial charge in [0.25, 0.3) is 0 Å². The molecule has 0 unspecified atom stereocenters. The summed E-state index contributed by atoms with van der Waals surface area (Å²) in [6.45, 7) is 0. The standard InChI is InChI=1S/C5H5.C5H.2CHF3O3S.Ti/c2*1-2-4-5-3-1;2*2-1(3,4)8(5,6)7;/h1-5H;1H;2*(H,5,6,7);/q-1;-5;;;. The van der Waals surface area contributed by atoms with Crippen LogP contribution in [0.1, 0.15) is 0 Å². The van der Waals surface area contributed by atoms with E-state index in [1.807, 2.05) is 30.3 Å². The number of hydrogen-bond donors (Lipinski definition) is 2. The van der Waals surface area contributed by atoms with Crippen LogP contribution in [0.4, 0.5) is 26.3 Å². The molecule has 2 aromatic rings. The second-order valence-electron chi connectivity index (χ2n) is 3.49. The first kappa shape index (κ1) is 30.5. The monoisotopic (exact) mass is 474 g/mol. The molecule has 2 rings (SSSR count). The van der Waals surface area contributed by atoms with E-state index in [2.05, 4.69) is 24.3 Å². The van der Waals surface area contributed by atoms with E-state index in [1.165, 1.54) is 0 Å². The third-order valence-corrected chi connectivity index (χ3v) is 2.66. The molecule has 2 N–H and O–H groups in total. The molecule has 2 aromatic carbocycles. The van der Waals surface area contributed by atoms with Gasteiger partial charge in [0.05, 0.1) is 0 Å². The van der Waals surface area contributed by atoms with E-state index in [0.717, 1.165) is 0 Å². The molecule has 0 fully saturated rings. The Morgan fingerprint density at radius 3 is 1.07 bits per heavy atom. The second kappa shape index (κ2) is 13.1. The van der Waals surface area contributed by atoms with Crippen molar-refractivity contribution in [1.29, 1.82) is 0 Å². The van der Waals surface area contributed by atoms with Crippen molar-refractivity contribution in [1.82, 2.24) is 0 Å². The zero-order valence-electron chi connectivity index (χ0n) is 12.6. The average molecular weight is 474 g/mol. The summed E-state index contributed by atoms with van der Waals surface area (Å²) in [5.41, 5.74) is -11.1. The molecule has 0 aromatic heterocycles. The van der Waals surface area contributed by atoms with Gasteiger partial charge in [-0.05, 0) is 0 Å². The first-order valence-electron chi connectivity index (χ1n) is 5.57. The van der Waals surface area contributed by atoms with E-state index >= 15 is 0 Å². The first-order chi connectivity index (χ1) is 11.5. The summed E-state index contributed by atoms with van der Waals surface area (Å²) < 4.78 is 115. The van der Waals surface area contributed by atoms with Gasteiger partial charge in [0, 0.05) is 21.7 Å². The summed E-state index contributed by atoms with van der Waals surface area (Å²) in [4.78, 5) is 0. The maximum Gasteiger partial charge on any atom is 0.522 e. The molecule has 0 aliphatic rings. The molecule has 0 aliphatic heterocycles. The Kier molecular flexibility index (Phi) is 14.8. The van der Waals surface area contributed by atoms with Gasteiger partial charge in [0.15, 0.2) is 0 Å². The Hall–Kier alpha value is -1.19. The van der Waals surface area contributed by atoms with Gasteiger partial charge in [-0.1, -0.05) is 0 Å². The van der Waals surface area contributed by atoms with Gasteiger partial charge in [0.2, 0.25) is 0 Å². The Bertz CT molecular complexity index is 663. The molecule has 15 heteroatoms. The predicted molar refractivity (Wildman–Crippen MR) is 74.6 cm³/mol. The molecule has 0 aliphatic carbocycles. The van der Waals surface area contributed by atoms with Crippen molar-refractivity contribution in [2.75, 3.05) is 0 Å². The van der Waals surface area contributed by atoms with Crippen LogP contribution >= 0.6 is 0 Å². The molecule has 0 heterocycles. The van der Waals surface area contributed by atoms with Gasteiger partial charge >= 0.3 is 31.3 Å². The van der Waals surface area contributed by atoms with Gasteiger partial charge in [-0.15, -0.1) is 0 Å². The van der Waals surface area contributed by atoms with E-state index in [9.17, 15) is 26.3 Å². The first-order valence-corrected chi connectivity index (χ1v) is 8.45. The molecular formula is C12H8F6O6S2Ti-6. The Morgan fingerprint density at radius 2 is 1.00 bits per heavy atom. The van der Waals surface area contributed by atoms with E-state index < -0.39 is 31.3 Å². The van der Waals surface area contributed by atoms with E-state index in [-0.39, 0.29) is 21.7 Å². The minimum absolute atomic E-state index is 0. The van der Waals surface area contributed by atoms with Crippen LogP contribution in [0, 0.1) is 24.3 Å². The number of hydrogen-bond acceptors (Lipinski definition) is 4. The van der Waals surface area contributed by atoms with Crippen LogP contribution in [0.15, 0.2) is 36.4 Å². The van der Waals surface area contributed by atoms with Crippen LogP contribution in [-0.4, -0.2) is 37.0 Å². The van der Waals surface area contributed by atoms with Crippen LogP contribution in [0.2, 0.25) is 0 Å². The van der Waals surface area contributed by atoms with Crippen molar-refractivity contribution in [3.05, 3.63) is 60.7 Å². The normalized spacial score (nSPS) is 11.3. The van der Waals surface area contributed by atoms with Crippen molar-refractivity contribution >= 4 is 20.2 Å². The van der Waals surface area contributed by atoms with E-state index in [4.69, 9.17) is 25.9 Å². The van der Waals surface area contributed by atoms with Crippen molar-refractivity contribution in [3.8, 4) is 0 Å². The topological polar surface area (TPSA) is 109 Å². The maximum absolute atomic E-state index is 10.7. The number of halogens is 6. The zero-order valence-corrected chi connectivity index (χ0v) is 15.8. The summed E-state index contributed by atoms with van der Waals surface area (Å²) >= 11 is 0. The minimum Gasteiger partial charge on any atom is -0.999 e. The van der Waals surface area contributed by atoms with E-state index in [1.54, 1.807) is 6.07 Å². The number of rotatable bonds is 0. The van der Waals surface area contributed by atoms with Crippen LogP contribution in [0.5, 0.6) is 0 Å². The van der Waals surface area contributed by atoms with Crippen LogP contribution in [0.3, 0.4) is 0 Å². The molecule has 0 atom stereocenters. The summed E-state index contributed by atoms with van der Waals surface area (Å²) in [5.74, 6) is 0. The third kappa shape index (κ3) is 18.0. The Morgan fingerprint density at radius 1 is 0.741 bits per heavy atom. The molecule has 0 amide bonds. The maximum atomic E-state index is 10.7. The molecule has 6 nitrogen and oxygen atoms in total. The molecule has 0 saturated heterocycles. The zero-order chi connectivity index (χ0) is 21.1. The van der Waals surface area contributed by atoms with E-state index in [0.29, 0.717) is 0 Å². The van der Waals surface area contributed by atoms with Crippen molar-refractivity contribution in [2.24, 2.45) is 0 Å². The van der Waals surface area contributed by atoms with Gasteiger partial charge < -0.3 is 30.3 Å². The quantitative estimate of drug-likeness (QED) is 0.200. The van der Waals surface area contributed by atoms with Gasteiger partial charge in [0.1, 0.15) is 0 Å².